The quantitative estimate of drug-likeness (QED) is 0.860. The number of imidazole rings is 1. The molecule has 1 saturated heterocycles. The van der Waals surface area contributed by atoms with Crippen molar-refractivity contribution < 1.29 is 13.2 Å². The van der Waals surface area contributed by atoms with Crippen molar-refractivity contribution in [3.63, 3.8) is 0 Å². The third-order valence-electron chi connectivity index (χ3n) is 3.62. The second-order valence-corrected chi connectivity index (χ2v) is 7.44. The fourth-order valence-electron chi connectivity index (χ4n) is 2.41. The molecule has 1 fully saturated rings. The molecular formula is C13H21N3O3S. The molecule has 0 aromatic carbocycles. The summed E-state index contributed by atoms with van der Waals surface area (Å²) < 4.78 is 24.6. The fraction of sp³-hybridized carbons (Fsp3) is 0.692. The van der Waals surface area contributed by atoms with Gasteiger partial charge in [-0.2, -0.15) is 0 Å². The number of hydrogen-bond acceptors (Lipinski definition) is 4. The van der Waals surface area contributed by atoms with Crippen molar-refractivity contribution in [2.75, 3.05) is 11.5 Å². The topological polar surface area (TPSA) is 81.1 Å². The number of rotatable bonds is 5. The molecule has 112 valence electrons. The number of aromatic nitrogens is 2. The molecule has 1 aliphatic rings. The molecule has 0 saturated carbocycles. The first kappa shape index (κ1) is 15.0. The van der Waals surface area contributed by atoms with Crippen LogP contribution >= 0.6 is 0 Å². The Bertz CT molecular complexity index is 551. The predicted molar refractivity (Wildman–Crippen MR) is 76.0 cm³/mol. The van der Waals surface area contributed by atoms with E-state index < -0.39 is 9.84 Å². The zero-order valence-electron chi connectivity index (χ0n) is 11.7. The molecule has 0 atom stereocenters. The highest BCUT2D eigenvalue weighted by Crippen LogP contribution is 2.12. The maximum atomic E-state index is 11.9. The Labute approximate surface area is 119 Å². The number of amides is 1. The Hall–Kier alpha value is -1.37. The van der Waals surface area contributed by atoms with Crippen molar-refractivity contribution in [3.8, 4) is 0 Å². The van der Waals surface area contributed by atoms with Crippen molar-refractivity contribution in [2.45, 2.75) is 45.2 Å². The largest absolute Gasteiger partial charge is 0.353 e. The van der Waals surface area contributed by atoms with Gasteiger partial charge in [0.1, 0.15) is 15.7 Å². The van der Waals surface area contributed by atoms with E-state index in [1.807, 2.05) is 17.7 Å². The smallest absolute Gasteiger partial charge is 0.222 e. The van der Waals surface area contributed by atoms with Crippen molar-refractivity contribution in [1.29, 1.82) is 0 Å². The third kappa shape index (κ3) is 4.06. The van der Waals surface area contributed by atoms with Gasteiger partial charge in [0.15, 0.2) is 0 Å². The van der Waals surface area contributed by atoms with Gasteiger partial charge in [-0.15, -0.1) is 0 Å². The van der Waals surface area contributed by atoms with Crippen LogP contribution in [0.3, 0.4) is 0 Å². The summed E-state index contributed by atoms with van der Waals surface area (Å²) in [5.74, 6) is 1.31. The SMILES string of the molecule is CCc1nccn1CCC(=O)NC1CCS(=O)(=O)CC1. The number of aryl methyl sites for hydroxylation is 2. The Morgan fingerprint density at radius 1 is 1.45 bits per heavy atom. The van der Waals surface area contributed by atoms with E-state index in [1.165, 1.54) is 0 Å². The summed E-state index contributed by atoms with van der Waals surface area (Å²) in [5, 5.41) is 2.92. The molecule has 7 heteroatoms. The molecule has 2 heterocycles. The van der Waals surface area contributed by atoms with Gasteiger partial charge in [-0.05, 0) is 12.8 Å². The van der Waals surface area contributed by atoms with Crippen LogP contribution in [0, 0.1) is 0 Å². The number of nitrogens with zero attached hydrogens (tertiary/aromatic N) is 2. The first-order valence-corrected chi connectivity index (χ1v) is 8.82. The number of carbonyl (C=O) groups excluding carboxylic acids is 1. The minimum absolute atomic E-state index is 0.000502. The lowest BCUT2D eigenvalue weighted by Gasteiger charge is -2.23. The van der Waals surface area contributed by atoms with E-state index in [0.717, 1.165) is 12.2 Å². The van der Waals surface area contributed by atoms with Crippen LogP contribution in [0.2, 0.25) is 0 Å². The van der Waals surface area contributed by atoms with Crippen LogP contribution in [-0.4, -0.2) is 41.4 Å². The molecule has 2 rings (SSSR count). The summed E-state index contributed by atoms with van der Waals surface area (Å²) in [4.78, 5) is 16.1. The van der Waals surface area contributed by atoms with Crippen molar-refractivity contribution in [3.05, 3.63) is 18.2 Å². The maximum Gasteiger partial charge on any atom is 0.222 e. The molecule has 1 aromatic heterocycles. The minimum atomic E-state index is -2.87. The second kappa shape index (κ2) is 6.39. The summed E-state index contributed by atoms with van der Waals surface area (Å²) in [6, 6.07) is -0.000502. The molecule has 1 aliphatic heterocycles. The van der Waals surface area contributed by atoms with E-state index in [2.05, 4.69) is 10.3 Å². The predicted octanol–water partition coefficient (Wildman–Crippen LogP) is 0.529. The molecule has 0 bridgehead atoms. The van der Waals surface area contributed by atoms with Gasteiger partial charge in [-0.3, -0.25) is 4.79 Å². The van der Waals surface area contributed by atoms with Gasteiger partial charge >= 0.3 is 0 Å². The first-order chi connectivity index (χ1) is 9.50. The van der Waals surface area contributed by atoms with Gasteiger partial charge in [0.2, 0.25) is 5.91 Å². The summed E-state index contributed by atoms with van der Waals surface area (Å²) in [7, 11) is -2.87. The van der Waals surface area contributed by atoms with Crippen molar-refractivity contribution in [2.24, 2.45) is 0 Å². The van der Waals surface area contributed by atoms with Gasteiger partial charge in [0.05, 0.1) is 11.5 Å². The summed E-state index contributed by atoms with van der Waals surface area (Å²) in [6.07, 6.45) is 5.91. The maximum absolute atomic E-state index is 11.9. The van der Waals surface area contributed by atoms with Crippen LogP contribution in [-0.2, 0) is 27.6 Å². The molecule has 0 aliphatic carbocycles. The Balaban J connectivity index is 1.76. The summed E-state index contributed by atoms with van der Waals surface area (Å²) >= 11 is 0. The second-order valence-electron chi connectivity index (χ2n) is 5.13. The van der Waals surface area contributed by atoms with E-state index in [-0.39, 0.29) is 23.5 Å². The van der Waals surface area contributed by atoms with Gasteiger partial charge in [0, 0.05) is 37.8 Å². The fourth-order valence-corrected chi connectivity index (χ4v) is 3.91. The molecule has 0 radical (unpaired) electrons. The van der Waals surface area contributed by atoms with Gasteiger partial charge in [-0.25, -0.2) is 13.4 Å². The standard InChI is InChI=1S/C13H21N3O3S/c1-2-12-14-6-8-16(12)7-3-13(17)15-11-4-9-20(18,19)10-5-11/h6,8,11H,2-5,7,9-10H2,1H3,(H,15,17). The molecule has 0 unspecified atom stereocenters. The minimum Gasteiger partial charge on any atom is -0.353 e. The van der Waals surface area contributed by atoms with Crippen LogP contribution in [0.1, 0.15) is 32.0 Å². The zero-order valence-corrected chi connectivity index (χ0v) is 12.5. The van der Waals surface area contributed by atoms with E-state index in [9.17, 15) is 13.2 Å². The molecule has 1 amide bonds. The first-order valence-electron chi connectivity index (χ1n) is 7.00. The lowest BCUT2D eigenvalue weighted by atomic mass is 10.1. The van der Waals surface area contributed by atoms with Gasteiger partial charge in [0.25, 0.3) is 0 Å². The highest BCUT2D eigenvalue weighted by atomic mass is 32.2. The van der Waals surface area contributed by atoms with Crippen LogP contribution in [0.4, 0.5) is 0 Å². The van der Waals surface area contributed by atoms with Crippen molar-refractivity contribution >= 4 is 15.7 Å². The van der Waals surface area contributed by atoms with Crippen LogP contribution in [0.15, 0.2) is 12.4 Å². The molecule has 0 spiro atoms. The van der Waals surface area contributed by atoms with Gasteiger partial charge in [-0.1, -0.05) is 6.92 Å². The zero-order chi connectivity index (χ0) is 14.6. The highest BCUT2D eigenvalue weighted by Gasteiger charge is 2.24. The molecule has 20 heavy (non-hydrogen) atoms. The van der Waals surface area contributed by atoms with Crippen LogP contribution in [0.5, 0.6) is 0 Å². The van der Waals surface area contributed by atoms with E-state index >= 15 is 0 Å². The van der Waals surface area contributed by atoms with Crippen molar-refractivity contribution in [1.82, 2.24) is 14.9 Å². The highest BCUT2D eigenvalue weighted by molar-refractivity contribution is 7.91. The van der Waals surface area contributed by atoms with Crippen LogP contribution < -0.4 is 5.32 Å². The molecule has 1 N–H and O–H groups in total. The lowest BCUT2D eigenvalue weighted by molar-refractivity contribution is -0.122. The number of nitrogens with one attached hydrogen (secondary N) is 1. The number of sulfone groups is 1. The monoisotopic (exact) mass is 299 g/mol. The Morgan fingerprint density at radius 3 is 2.80 bits per heavy atom. The average molecular weight is 299 g/mol. The molecule has 6 nitrogen and oxygen atoms in total. The number of carbonyl (C=O) groups is 1. The average Bonchev–Trinajstić information content (AvgIpc) is 2.86. The summed E-state index contributed by atoms with van der Waals surface area (Å²) in [6.45, 7) is 2.64. The summed E-state index contributed by atoms with van der Waals surface area (Å²) in [5.41, 5.74) is 0. The normalized spacial score (nSPS) is 18.9. The Morgan fingerprint density at radius 2 is 2.15 bits per heavy atom. The third-order valence-corrected chi connectivity index (χ3v) is 5.33. The van der Waals surface area contributed by atoms with Gasteiger partial charge < -0.3 is 9.88 Å². The Kier molecular flexibility index (Phi) is 4.80. The lowest BCUT2D eigenvalue weighted by Crippen LogP contribution is -2.41. The molecular weight excluding hydrogens is 278 g/mol. The van der Waals surface area contributed by atoms with E-state index in [0.29, 0.717) is 25.8 Å². The molecule has 1 aromatic rings. The van der Waals surface area contributed by atoms with Crippen LogP contribution in [0.25, 0.3) is 0 Å². The van der Waals surface area contributed by atoms with E-state index in [4.69, 9.17) is 0 Å². The van der Waals surface area contributed by atoms with E-state index in [1.54, 1.807) is 6.20 Å². The number of hydrogen-bond donors (Lipinski definition) is 1.